The Hall–Kier alpha value is -1.38. The first-order valence-electron chi connectivity index (χ1n) is 7.33. The second-order valence-electron chi connectivity index (χ2n) is 4.98. The van der Waals surface area contributed by atoms with Crippen molar-refractivity contribution in [1.29, 1.82) is 0 Å². The van der Waals surface area contributed by atoms with Crippen LogP contribution in [0.2, 0.25) is 0 Å². The molecule has 3 nitrogen and oxygen atoms in total. The highest BCUT2D eigenvalue weighted by Gasteiger charge is 2.19. The molecule has 0 aliphatic rings. The quantitative estimate of drug-likeness (QED) is 0.446. The third-order valence-electron chi connectivity index (χ3n) is 3.26. The number of aromatic nitrogens is 2. The zero-order valence-corrected chi connectivity index (χ0v) is 14.7. The van der Waals surface area contributed by atoms with Crippen LogP contribution >= 0.6 is 22.6 Å². The number of halogens is 4. The number of nitrogens with zero attached hydrogens (tertiary/aromatic N) is 2. The summed E-state index contributed by atoms with van der Waals surface area (Å²) in [6, 6.07) is 2.53. The summed E-state index contributed by atoms with van der Waals surface area (Å²) < 4.78 is 47.6. The zero-order chi connectivity index (χ0) is 16.8. The summed E-state index contributed by atoms with van der Waals surface area (Å²) in [4.78, 5) is 7.34. The van der Waals surface area contributed by atoms with Gasteiger partial charge in [0, 0.05) is 5.56 Å². The predicted octanol–water partition coefficient (Wildman–Crippen LogP) is 5.12. The summed E-state index contributed by atoms with van der Waals surface area (Å²) in [6.45, 7) is 2.40. The van der Waals surface area contributed by atoms with Gasteiger partial charge in [0.25, 0.3) is 0 Å². The predicted molar refractivity (Wildman–Crippen MR) is 89.7 cm³/mol. The molecule has 1 aromatic heterocycles. The van der Waals surface area contributed by atoms with Crippen LogP contribution in [0, 0.1) is 21.3 Å². The van der Waals surface area contributed by atoms with Gasteiger partial charge in [-0.05, 0) is 41.1 Å². The van der Waals surface area contributed by atoms with Crippen LogP contribution in [-0.2, 0) is 0 Å². The fourth-order valence-corrected chi connectivity index (χ4v) is 2.42. The number of ether oxygens (including phenoxy) is 1. The standard InChI is InChI=1S/C16H16F3IN2O/c1-2-3-4-5-8-23-11-7-6-10(13(17)14(11)18)15-16(19)22-12(20)9-21-15/h6-7,9H,2-5,8H2,1H3. The van der Waals surface area contributed by atoms with E-state index in [1.165, 1.54) is 18.3 Å². The molecule has 0 N–H and O–H groups in total. The molecule has 0 saturated heterocycles. The number of hydrogen-bond acceptors (Lipinski definition) is 3. The van der Waals surface area contributed by atoms with Crippen LogP contribution in [0.5, 0.6) is 5.75 Å². The molecule has 0 amide bonds. The van der Waals surface area contributed by atoms with E-state index in [2.05, 4.69) is 16.9 Å². The van der Waals surface area contributed by atoms with Crippen molar-refractivity contribution in [3.8, 4) is 17.0 Å². The van der Waals surface area contributed by atoms with Gasteiger partial charge in [-0.25, -0.2) is 14.4 Å². The molecule has 2 rings (SSSR count). The highest BCUT2D eigenvalue weighted by atomic mass is 127. The minimum Gasteiger partial charge on any atom is -0.490 e. The van der Waals surface area contributed by atoms with Crippen molar-refractivity contribution in [3.63, 3.8) is 0 Å². The number of unbranched alkanes of at least 4 members (excludes halogenated alkanes) is 3. The molecule has 0 spiro atoms. The number of hydrogen-bond donors (Lipinski definition) is 0. The minimum atomic E-state index is -1.19. The first-order chi connectivity index (χ1) is 11.0. The topological polar surface area (TPSA) is 35.0 Å². The maximum atomic E-state index is 14.2. The van der Waals surface area contributed by atoms with Crippen molar-refractivity contribution in [3.05, 3.63) is 39.6 Å². The van der Waals surface area contributed by atoms with Gasteiger partial charge >= 0.3 is 0 Å². The lowest BCUT2D eigenvalue weighted by Gasteiger charge is -2.10. The molecular weight excluding hydrogens is 420 g/mol. The maximum Gasteiger partial charge on any atom is 0.240 e. The fourth-order valence-electron chi connectivity index (χ4n) is 2.06. The molecule has 0 radical (unpaired) electrons. The van der Waals surface area contributed by atoms with E-state index in [-0.39, 0.29) is 17.0 Å². The third kappa shape index (κ3) is 4.55. The molecule has 0 saturated carbocycles. The highest BCUT2D eigenvalue weighted by molar-refractivity contribution is 14.1. The first kappa shape index (κ1) is 18.0. The molecule has 7 heteroatoms. The Morgan fingerprint density at radius 2 is 1.87 bits per heavy atom. The van der Waals surface area contributed by atoms with E-state index >= 15 is 0 Å². The van der Waals surface area contributed by atoms with Crippen molar-refractivity contribution in [2.45, 2.75) is 32.6 Å². The Morgan fingerprint density at radius 3 is 2.57 bits per heavy atom. The average Bonchev–Trinajstić information content (AvgIpc) is 2.52. The lowest BCUT2D eigenvalue weighted by atomic mass is 10.1. The van der Waals surface area contributed by atoms with E-state index in [1.54, 1.807) is 22.6 Å². The van der Waals surface area contributed by atoms with E-state index in [1.807, 2.05) is 0 Å². The smallest absolute Gasteiger partial charge is 0.240 e. The molecule has 0 aliphatic carbocycles. The van der Waals surface area contributed by atoms with Gasteiger partial charge in [0.2, 0.25) is 11.8 Å². The molecule has 1 heterocycles. The molecule has 0 fully saturated rings. The summed E-state index contributed by atoms with van der Waals surface area (Å²) in [7, 11) is 0. The minimum absolute atomic E-state index is 0.179. The van der Waals surface area contributed by atoms with Crippen LogP contribution in [0.15, 0.2) is 18.3 Å². The second-order valence-corrected chi connectivity index (χ2v) is 6.09. The van der Waals surface area contributed by atoms with E-state index < -0.39 is 17.6 Å². The summed E-state index contributed by atoms with van der Waals surface area (Å²) >= 11 is 1.79. The van der Waals surface area contributed by atoms with Crippen LogP contribution in [0.4, 0.5) is 13.2 Å². The molecule has 0 atom stereocenters. The van der Waals surface area contributed by atoms with Crippen LogP contribution < -0.4 is 4.74 Å². The third-order valence-corrected chi connectivity index (χ3v) is 3.78. The van der Waals surface area contributed by atoms with Gasteiger partial charge in [-0.1, -0.05) is 26.2 Å². The fraction of sp³-hybridized carbons (Fsp3) is 0.375. The van der Waals surface area contributed by atoms with Gasteiger partial charge in [-0.2, -0.15) is 8.78 Å². The lowest BCUT2D eigenvalue weighted by molar-refractivity contribution is 0.285. The molecule has 0 bridgehead atoms. The van der Waals surface area contributed by atoms with Gasteiger partial charge in [-0.3, -0.25) is 0 Å². The molecule has 124 valence electrons. The van der Waals surface area contributed by atoms with Gasteiger partial charge in [0.1, 0.15) is 9.39 Å². The van der Waals surface area contributed by atoms with Gasteiger partial charge in [0.05, 0.1) is 12.8 Å². The summed E-state index contributed by atoms with van der Waals surface area (Å²) in [6.07, 6.45) is 5.19. The summed E-state index contributed by atoms with van der Waals surface area (Å²) in [5.74, 6) is -3.45. The molecule has 0 aliphatic heterocycles. The second kappa shape index (κ2) is 8.47. The van der Waals surface area contributed by atoms with Crippen LogP contribution in [0.1, 0.15) is 32.6 Å². The lowest BCUT2D eigenvalue weighted by Crippen LogP contribution is -2.03. The molecule has 1 aromatic carbocycles. The van der Waals surface area contributed by atoms with Crippen LogP contribution in [0.3, 0.4) is 0 Å². The van der Waals surface area contributed by atoms with Crippen molar-refractivity contribution in [2.75, 3.05) is 6.61 Å². The summed E-state index contributed by atoms with van der Waals surface area (Å²) in [5.41, 5.74) is -0.599. The van der Waals surface area contributed by atoms with Crippen LogP contribution in [-0.4, -0.2) is 16.6 Å². The maximum absolute atomic E-state index is 14.2. The Bertz CT molecular complexity index is 683. The molecule has 23 heavy (non-hydrogen) atoms. The molecular formula is C16H16F3IN2O. The normalized spacial score (nSPS) is 10.8. The zero-order valence-electron chi connectivity index (χ0n) is 12.6. The van der Waals surface area contributed by atoms with E-state index in [9.17, 15) is 13.2 Å². The number of rotatable bonds is 7. The Balaban J connectivity index is 2.17. The van der Waals surface area contributed by atoms with Crippen molar-refractivity contribution in [1.82, 2.24) is 9.97 Å². The van der Waals surface area contributed by atoms with Crippen molar-refractivity contribution < 1.29 is 17.9 Å². The Morgan fingerprint density at radius 1 is 1.09 bits per heavy atom. The van der Waals surface area contributed by atoms with Gasteiger partial charge in [0.15, 0.2) is 11.6 Å². The van der Waals surface area contributed by atoms with Crippen LogP contribution in [0.25, 0.3) is 11.3 Å². The molecule has 2 aromatic rings. The first-order valence-corrected chi connectivity index (χ1v) is 8.41. The number of benzene rings is 1. The van der Waals surface area contributed by atoms with E-state index in [0.717, 1.165) is 25.7 Å². The largest absolute Gasteiger partial charge is 0.490 e. The van der Waals surface area contributed by atoms with Crippen molar-refractivity contribution in [2.24, 2.45) is 0 Å². The Kier molecular flexibility index (Phi) is 6.61. The molecule has 0 unspecified atom stereocenters. The average molecular weight is 436 g/mol. The van der Waals surface area contributed by atoms with E-state index in [4.69, 9.17) is 4.74 Å². The van der Waals surface area contributed by atoms with Gasteiger partial charge < -0.3 is 4.74 Å². The van der Waals surface area contributed by atoms with E-state index in [0.29, 0.717) is 10.3 Å². The monoisotopic (exact) mass is 436 g/mol. The summed E-state index contributed by atoms with van der Waals surface area (Å²) in [5, 5.41) is 0. The SMILES string of the molecule is CCCCCCOc1ccc(-c2ncc(I)nc2F)c(F)c1F. The van der Waals surface area contributed by atoms with Gasteiger partial charge in [-0.15, -0.1) is 0 Å². The highest BCUT2D eigenvalue weighted by Crippen LogP contribution is 2.30. The van der Waals surface area contributed by atoms with Crippen molar-refractivity contribution >= 4 is 22.6 Å². The Labute approximate surface area is 146 Å².